The van der Waals surface area contributed by atoms with Gasteiger partial charge in [0.15, 0.2) is 0 Å². The van der Waals surface area contributed by atoms with Gasteiger partial charge in [0.1, 0.15) is 24.7 Å². The van der Waals surface area contributed by atoms with Crippen LogP contribution in [-0.2, 0) is 30.4 Å². The van der Waals surface area contributed by atoms with Crippen molar-refractivity contribution >= 4 is 29.6 Å². The zero-order chi connectivity index (χ0) is 21.7. The van der Waals surface area contributed by atoms with Crippen molar-refractivity contribution in [2.45, 2.75) is 50.2 Å². The normalized spacial score (nSPS) is 21.7. The van der Waals surface area contributed by atoms with Crippen LogP contribution in [0.5, 0.6) is 0 Å². The van der Waals surface area contributed by atoms with Crippen LogP contribution in [-0.4, -0.2) is 80.8 Å². The average molecular weight is 420 g/mol. The number of likely N-dealkylation sites (tertiary alicyclic amines) is 1. The molecular weight excluding hydrogens is 396 g/mol. The Hall–Kier alpha value is -3.44. The van der Waals surface area contributed by atoms with Gasteiger partial charge in [-0.25, -0.2) is 4.98 Å². The lowest BCUT2D eigenvalue weighted by Crippen LogP contribution is -2.56. The van der Waals surface area contributed by atoms with Gasteiger partial charge in [-0.05, 0) is 19.3 Å². The van der Waals surface area contributed by atoms with Gasteiger partial charge in [-0.2, -0.15) is 0 Å². The van der Waals surface area contributed by atoms with Gasteiger partial charge in [0, 0.05) is 31.3 Å². The summed E-state index contributed by atoms with van der Waals surface area (Å²) in [5.41, 5.74) is 0.621. The van der Waals surface area contributed by atoms with E-state index < -0.39 is 48.4 Å². The summed E-state index contributed by atoms with van der Waals surface area (Å²) in [4.78, 5) is 68.4. The molecule has 0 unspecified atom stereocenters. The molecule has 0 aliphatic carbocycles. The van der Waals surface area contributed by atoms with Gasteiger partial charge in [0.05, 0.1) is 6.33 Å². The zero-order valence-electron chi connectivity index (χ0n) is 16.2. The van der Waals surface area contributed by atoms with Crippen LogP contribution in [0.4, 0.5) is 0 Å². The smallest absolute Gasteiger partial charge is 0.322 e. The number of imidazole rings is 1. The lowest BCUT2D eigenvalue weighted by Gasteiger charge is -2.29. The van der Waals surface area contributed by atoms with Gasteiger partial charge in [-0.3, -0.25) is 24.0 Å². The van der Waals surface area contributed by atoms with Gasteiger partial charge in [0.2, 0.25) is 23.6 Å². The number of rotatable bonds is 8. The third-order valence-electron chi connectivity index (χ3n) is 5.16. The van der Waals surface area contributed by atoms with Crippen molar-refractivity contribution in [3.8, 4) is 0 Å². The molecule has 2 aliphatic rings. The SMILES string of the molecule is O=C(O)CNC(=O)[C@@H]1CCCN1C(=O)[C@H](Cc1cnc[nH]1)NC(=O)[C@@H]1CCC(=O)N1. The Balaban J connectivity index is 1.71. The Morgan fingerprint density at radius 3 is 2.70 bits per heavy atom. The molecule has 2 aliphatic heterocycles. The third kappa shape index (κ3) is 5.13. The van der Waals surface area contributed by atoms with Crippen LogP contribution in [0.1, 0.15) is 31.4 Å². The molecule has 4 amide bonds. The quantitative estimate of drug-likeness (QED) is 0.320. The van der Waals surface area contributed by atoms with E-state index >= 15 is 0 Å². The van der Waals surface area contributed by atoms with Crippen LogP contribution in [0.3, 0.4) is 0 Å². The second kappa shape index (κ2) is 9.37. The van der Waals surface area contributed by atoms with Crippen molar-refractivity contribution in [1.29, 1.82) is 0 Å². The molecule has 2 saturated heterocycles. The van der Waals surface area contributed by atoms with Crippen LogP contribution in [0.25, 0.3) is 0 Å². The fourth-order valence-electron chi connectivity index (χ4n) is 3.68. The fourth-order valence-corrected chi connectivity index (χ4v) is 3.68. The summed E-state index contributed by atoms with van der Waals surface area (Å²) < 4.78 is 0. The molecule has 12 heteroatoms. The molecule has 162 valence electrons. The highest BCUT2D eigenvalue weighted by atomic mass is 16.4. The number of carbonyl (C=O) groups is 5. The van der Waals surface area contributed by atoms with Crippen LogP contribution in [0, 0.1) is 0 Å². The van der Waals surface area contributed by atoms with Crippen LogP contribution in [0.15, 0.2) is 12.5 Å². The number of nitrogens with one attached hydrogen (secondary N) is 4. The van der Waals surface area contributed by atoms with E-state index in [0.717, 1.165) is 0 Å². The zero-order valence-corrected chi connectivity index (χ0v) is 16.2. The second-order valence-electron chi connectivity index (χ2n) is 7.30. The Morgan fingerprint density at radius 2 is 2.07 bits per heavy atom. The second-order valence-corrected chi connectivity index (χ2v) is 7.30. The molecule has 30 heavy (non-hydrogen) atoms. The third-order valence-corrected chi connectivity index (χ3v) is 5.16. The molecule has 0 bridgehead atoms. The van der Waals surface area contributed by atoms with Crippen molar-refractivity contribution in [3.05, 3.63) is 18.2 Å². The molecule has 12 nitrogen and oxygen atoms in total. The summed E-state index contributed by atoms with van der Waals surface area (Å²) in [7, 11) is 0. The van der Waals surface area contributed by atoms with Crippen molar-refractivity contribution < 1.29 is 29.1 Å². The standard InChI is InChI=1S/C18H24N6O6/c25-14-4-3-11(22-14)16(28)23-12(6-10-7-19-9-21-10)18(30)24-5-1-2-13(24)17(29)20-8-15(26)27/h7,9,11-13H,1-6,8H2,(H,19,21)(H,20,29)(H,22,25)(H,23,28)(H,26,27)/t11-,12-,13-/m0/s1. The summed E-state index contributed by atoms with van der Waals surface area (Å²) in [5, 5.41) is 16.3. The highest BCUT2D eigenvalue weighted by molar-refractivity contribution is 5.96. The van der Waals surface area contributed by atoms with Gasteiger partial charge in [0.25, 0.3) is 0 Å². The van der Waals surface area contributed by atoms with E-state index in [0.29, 0.717) is 31.5 Å². The molecule has 0 saturated carbocycles. The largest absolute Gasteiger partial charge is 0.480 e. The summed E-state index contributed by atoms with van der Waals surface area (Å²) in [6, 6.07) is -2.48. The fraction of sp³-hybridized carbons (Fsp3) is 0.556. The van der Waals surface area contributed by atoms with Crippen LogP contribution in [0.2, 0.25) is 0 Å². The van der Waals surface area contributed by atoms with E-state index in [1.165, 1.54) is 17.4 Å². The first kappa shape index (κ1) is 21.3. The Labute approximate surface area is 171 Å². The van der Waals surface area contributed by atoms with Crippen LogP contribution >= 0.6 is 0 Å². The van der Waals surface area contributed by atoms with E-state index in [2.05, 4.69) is 25.9 Å². The number of nitrogens with zero attached hydrogens (tertiary/aromatic N) is 2. The highest BCUT2D eigenvalue weighted by Crippen LogP contribution is 2.20. The number of carboxylic acid groups (broad SMARTS) is 1. The number of carbonyl (C=O) groups excluding carboxylic acids is 4. The molecule has 1 aromatic rings. The molecule has 5 N–H and O–H groups in total. The molecule has 3 heterocycles. The summed E-state index contributed by atoms with van der Waals surface area (Å²) >= 11 is 0. The minimum absolute atomic E-state index is 0.130. The number of H-pyrrole nitrogens is 1. The lowest BCUT2D eigenvalue weighted by atomic mass is 10.1. The molecule has 1 aromatic heterocycles. The number of aliphatic carboxylic acids is 1. The number of aromatic nitrogens is 2. The average Bonchev–Trinajstić information content (AvgIpc) is 3.46. The minimum atomic E-state index is -1.18. The van der Waals surface area contributed by atoms with Gasteiger partial charge < -0.3 is 30.9 Å². The van der Waals surface area contributed by atoms with Crippen molar-refractivity contribution in [3.63, 3.8) is 0 Å². The Kier molecular flexibility index (Phi) is 6.65. The number of amides is 4. The van der Waals surface area contributed by atoms with Crippen molar-refractivity contribution in [2.24, 2.45) is 0 Å². The summed E-state index contributed by atoms with van der Waals surface area (Å²) in [6.07, 6.45) is 4.69. The van der Waals surface area contributed by atoms with E-state index in [1.807, 2.05) is 0 Å². The molecule has 0 aromatic carbocycles. The monoisotopic (exact) mass is 420 g/mol. The minimum Gasteiger partial charge on any atom is -0.480 e. The number of carboxylic acids is 1. The van der Waals surface area contributed by atoms with Crippen LogP contribution < -0.4 is 16.0 Å². The first-order valence-electron chi connectivity index (χ1n) is 9.72. The highest BCUT2D eigenvalue weighted by Gasteiger charge is 2.39. The summed E-state index contributed by atoms with van der Waals surface area (Å²) in [5.74, 6) is -2.86. The predicted octanol–water partition coefficient (Wildman–Crippen LogP) is -2.09. The van der Waals surface area contributed by atoms with Gasteiger partial charge in [-0.15, -0.1) is 0 Å². The first-order valence-corrected chi connectivity index (χ1v) is 9.72. The number of aromatic amines is 1. The molecule has 0 spiro atoms. The van der Waals surface area contributed by atoms with Crippen molar-refractivity contribution in [2.75, 3.05) is 13.1 Å². The topological polar surface area (TPSA) is 174 Å². The Morgan fingerprint density at radius 1 is 1.27 bits per heavy atom. The van der Waals surface area contributed by atoms with E-state index in [1.54, 1.807) is 0 Å². The lowest BCUT2D eigenvalue weighted by molar-refractivity contribution is -0.142. The van der Waals surface area contributed by atoms with Gasteiger partial charge >= 0.3 is 5.97 Å². The van der Waals surface area contributed by atoms with Crippen molar-refractivity contribution in [1.82, 2.24) is 30.8 Å². The summed E-state index contributed by atoms with van der Waals surface area (Å²) in [6.45, 7) is -0.216. The molecule has 3 rings (SSSR count). The first-order chi connectivity index (χ1) is 14.3. The van der Waals surface area contributed by atoms with E-state index in [4.69, 9.17) is 5.11 Å². The number of hydrogen-bond donors (Lipinski definition) is 5. The molecular formula is C18H24N6O6. The maximum atomic E-state index is 13.2. The maximum absolute atomic E-state index is 13.2. The molecule has 0 radical (unpaired) electrons. The molecule has 3 atom stereocenters. The molecule has 2 fully saturated rings. The predicted molar refractivity (Wildman–Crippen MR) is 101 cm³/mol. The van der Waals surface area contributed by atoms with E-state index in [-0.39, 0.29) is 18.7 Å². The maximum Gasteiger partial charge on any atom is 0.322 e. The van der Waals surface area contributed by atoms with E-state index in [9.17, 15) is 24.0 Å². The Bertz CT molecular complexity index is 825. The number of hydrogen-bond acceptors (Lipinski definition) is 6. The van der Waals surface area contributed by atoms with Gasteiger partial charge in [-0.1, -0.05) is 0 Å².